The van der Waals surface area contributed by atoms with E-state index in [1.807, 2.05) is 0 Å². The first-order valence-corrected chi connectivity index (χ1v) is 13.1. The molecule has 0 spiro atoms. The molecule has 1 aliphatic carbocycles. The first-order chi connectivity index (χ1) is 21.2. The Kier molecular flexibility index (Phi) is 13.1. The molecule has 0 saturated heterocycles. The summed E-state index contributed by atoms with van der Waals surface area (Å²) in [6.45, 7) is 0.0778. The zero-order valence-electron chi connectivity index (χ0n) is 24.4. The van der Waals surface area contributed by atoms with Crippen LogP contribution in [-0.2, 0) is 39.1 Å². The number of methoxy groups -OCH3 is 4. The van der Waals surface area contributed by atoms with Crippen LogP contribution in [0.1, 0.15) is 46.4 Å². The van der Waals surface area contributed by atoms with Crippen LogP contribution >= 0.6 is 0 Å². The highest BCUT2D eigenvalue weighted by Gasteiger charge is 2.25. The Bertz CT molecular complexity index is 1130. The van der Waals surface area contributed by atoms with Gasteiger partial charge in [-0.3, -0.25) is 9.78 Å². The van der Waals surface area contributed by atoms with Gasteiger partial charge < -0.3 is 28.4 Å². The quantitative estimate of drug-likeness (QED) is 0.162. The summed E-state index contributed by atoms with van der Waals surface area (Å²) in [7, 11) is 5.66. The lowest BCUT2D eigenvalue weighted by Gasteiger charge is -2.27. The summed E-state index contributed by atoms with van der Waals surface area (Å²) < 4.78 is 30.3. The smallest absolute Gasteiger partial charge is 0.497 e. The van der Waals surface area contributed by atoms with Gasteiger partial charge in [-0.25, -0.2) is 29.0 Å². The molecule has 44 heavy (non-hydrogen) atoms. The Morgan fingerprint density at radius 3 is 1.14 bits per heavy atom. The Balaban J connectivity index is 1.26. The van der Waals surface area contributed by atoms with E-state index in [0.717, 1.165) is 0 Å². The second-order valence-electron chi connectivity index (χ2n) is 9.26. The van der Waals surface area contributed by atoms with Gasteiger partial charge in [0.25, 0.3) is 0 Å². The summed E-state index contributed by atoms with van der Waals surface area (Å²) in [4.78, 5) is 65.3. The van der Waals surface area contributed by atoms with Crippen LogP contribution in [0.4, 0.5) is 9.59 Å². The summed E-state index contributed by atoms with van der Waals surface area (Å²) in [5.74, 6) is -0.487. The number of hydrogen-bond acceptors (Lipinski definition) is 16. The van der Waals surface area contributed by atoms with Crippen LogP contribution in [0.25, 0.3) is 0 Å². The molecule has 240 valence electrons. The zero-order valence-corrected chi connectivity index (χ0v) is 24.4. The molecule has 0 unspecified atom stereocenters. The van der Waals surface area contributed by atoms with Gasteiger partial charge in [-0.2, -0.15) is 0 Å². The molecule has 2 aromatic rings. The Morgan fingerprint density at radius 2 is 0.841 bits per heavy atom. The largest absolute Gasteiger partial charge is 0.543 e. The van der Waals surface area contributed by atoms with Crippen molar-refractivity contribution in [2.24, 2.45) is 11.8 Å². The van der Waals surface area contributed by atoms with Crippen molar-refractivity contribution in [3.05, 3.63) is 47.5 Å². The van der Waals surface area contributed by atoms with E-state index in [-0.39, 0.29) is 36.2 Å². The van der Waals surface area contributed by atoms with Crippen molar-refractivity contribution >= 4 is 24.2 Å². The first-order valence-electron chi connectivity index (χ1n) is 13.1. The van der Waals surface area contributed by atoms with E-state index in [9.17, 15) is 19.2 Å². The third kappa shape index (κ3) is 10.7. The molecule has 0 N–H and O–H groups in total. The zero-order chi connectivity index (χ0) is 31.9. The second-order valence-corrected chi connectivity index (χ2v) is 9.26. The van der Waals surface area contributed by atoms with Crippen LogP contribution < -0.4 is 18.9 Å². The monoisotopic (exact) mass is 624 g/mol. The molecule has 3 rings (SSSR count). The Morgan fingerprint density at radius 1 is 0.523 bits per heavy atom. The van der Waals surface area contributed by atoms with Crippen molar-refractivity contribution < 1.29 is 77.2 Å². The summed E-state index contributed by atoms with van der Waals surface area (Å²) in [5, 5.41) is 8.48. The van der Waals surface area contributed by atoms with Crippen LogP contribution in [0.5, 0.6) is 23.0 Å². The normalized spacial score (nSPS) is 15.6. The number of rotatable bonds is 14. The fourth-order valence-electron chi connectivity index (χ4n) is 4.08. The van der Waals surface area contributed by atoms with Gasteiger partial charge in [0.15, 0.2) is 0 Å². The van der Waals surface area contributed by atoms with Gasteiger partial charge in [0.05, 0.1) is 62.9 Å². The number of carbonyl (C=O) groups excluding carboxylic acids is 4. The molecule has 0 aromatic heterocycles. The minimum atomic E-state index is -1.19. The molecule has 16 heteroatoms. The number of hydrogen-bond donors (Lipinski definition) is 0. The van der Waals surface area contributed by atoms with E-state index >= 15 is 0 Å². The Hall–Kier alpha value is -4.96. The average Bonchev–Trinajstić information content (AvgIpc) is 3.06. The van der Waals surface area contributed by atoms with Gasteiger partial charge in [-0.1, -0.05) is 0 Å². The predicted molar refractivity (Wildman–Crippen MR) is 142 cm³/mol. The lowest BCUT2D eigenvalue weighted by Crippen LogP contribution is -2.24. The molecule has 0 aliphatic heterocycles. The van der Waals surface area contributed by atoms with Crippen molar-refractivity contribution in [3.8, 4) is 23.0 Å². The maximum atomic E-state index is 12.1. The molecule has 0 amide bonds. The van der Waals surface area contributed by atoms with Crippen molar-refractivity contribution in [2.75, 3.05) is 41.7 Å². The summed E-state index contributed by atoms with van der Waals surface area (Å²) in [5.41, 5.74) is 0.0721. The minimum absolute atomic E-state index is 0.0236. The van der Waals surface area contributed by atoms with Crippen molar-refractivity contribution in [1.29, 1.82) is 0 Å². The highest BCUT2D eigenvalue weighted by atomic mass is 17.5. The topological polar surface area (TPSA) is 179 Å². The molecule has 1 aliphatic rings. The standard InChI is InChI=1S/C28H32O16/c1-33-21-9-19(10-22(13-21)34-2)25(29)39-43-41-27(31)37-15-17-5-7-18(8-6-17)16-38-28(32)42-44-40-26(30)20-11-23(35-3)14-24(12-20)36-4/h9-14,17-18H,5-8,15-16H2,1-4H3. The van der Waals surface area contributed by atoms with E-state index in [2.05, 4.69) is 29.6 Å². The molecular weight excluding hydrogens is 592 g/mol. The first kappa shape index (κ1) is 33.5. The summed E-state index contributed by atoms with van der Waals surface area (Å²) >= 11 is 0. The highest BCUT2D eigenvalue weighted by Crippen LogP contribution is 2.29. The maximum absolute atomic E-state index is 12.1. The number of benzene rings is 2. The van der Waals surface area contributed by atoms with E-state index in [0.29, 0.717) is 48.7 Å². The molecule has 16 nitrogen and oxygen atoms in total. The molecule has 0 bridgehead atoms. The van der Waals surface area contributed by atoms with Crippen molar-refractivity contribution in [3.63, 3.8) is 0 Å². The lowest BCUT2D eigenvalue weighted by molar-refractivity contribution is -0.452. The molecule has 1 fully saturated rings. The van der Waals surface area contributed by atoms with Gasteiger partial charge in [0.2, 0.25) is 0 Å². The Labute approximate surface area is 251 Å². The van der Waals surface area contributed by atoms with E-state index in [1.165, 1.54) is 52.7 Å². The highest BCUT2D eigenvalue weighted by molar-refractivity contribution is 5.90. The van der Waals surface area contributed by atoms with Crippen molar-refractivity contribution in [1.82, 2.24) is 0 Å². The SMILES string of the molecule is COc1cc(OC)cc(C(=O)OOOC(=O)OCC2CCC(COC(=O)OOOC(=O)c3cc(OC)cc(OC)c3)CC2)c1. The lowest BCUT2D eigenvalue weighted by atomic mass is 9.83. The minimum Gasteiger partial charge on any atom is -0.497 e. The van der Waals surface area contributed by atoms with Crippen LogP contribution in [0.15, 0.2) is 36.4 Å². The van der Waals surface area contributed by atoms with Gasteiger partial charge in [0.1, 0.15) is 23.0 Å². The molecular formula is C28H32O16. The predicted octanol–water partition coefficient (Wildman–Crippen LogP) is 4.54. The van der Waals surface area contributed by atoms with E-state index < -0.39 is 24.2 Å². The van der Waals surface area contributed by atoms with Crippen LogP contribution in [0.2, 0.25) is 0 Å². The van der Waals surface area contributed by atoms with Crippen LogP contribution in [-0.4, -0.2) is 65.9 Å². The van der Waals surface area contributed by atoms with Crippen LogP contribution in [0, 0.1) is 11.8 Å². The van der Waals surface area contributed by atoms with Gasteiger partial charge in [-0.05, 0) is 61.8 Å². The van der Waals surface area contributed by atoms with E-state index in [4.69, 9.17) is 28.4 Å². The summed E-state index contributed by atoms with van der Waals surface area (Å²) in [6.07, 6.45) is 0.287. The average molecular weight is 625 g/mol. The maximum Gasteiger partial charge on any atom is 0.543 e. The molecule has 2 aromatic carbocycles. The third-order valence-electron chi connectivity index (χ3n) is 6.44. The summed E-state index contributed by atoms with van der Waals surface area (Å²) in [6, 6.07) is 8.63. The van der Waals surface area contributed by atoms with Crippen molar-refractivity contribution in [2.45, 2.75) is 25.7 Å². The number of carbonyl (C=O) groups is 4. The fraction of sp³-hybridized carbons (Fsp3) is 0.429. The van der Waals surface area contributed by atoms with Crippen LogP contribution in [0.3, 0.4) is 0 Å². The molecule has 0 radical (unpaired) electrons. The number of ether oxygens (including phenoxy) is 6. The molecule has 1 saturated carbocycles. The van der Waals surface area contributed by atoms with Gasteiger partial charge in [-0.15, -0.1) is 0 Å². The third-order valence-corrected chi connectivity index (χ3v) is 6.44. The van der Waals surface area contributed by atoms with E-state index in [1.54, 1.807) is 12.1 Å². The second kappa shape index (κ2) is 17.2. The molecule has 0 heterocycles. The molecule has 0 atom stereocenters. The van der Waals surface area contributed by atoms with Gasteiger partial charge in [0, 0.05) is 12.1 Å². The van der Waals surface area contributed by atoms with Gasteiger partial charge >= 0.3 is 24.2 Å². The fourth-order valence-corrected chi connectivity index (χ4v) is 4.08.